The minimum atomic E-state index is 0.987. The van der Waals surface area contributed by atoms with Crippen molar-refractivity contribution in [3.8, 4) is 0 Å². The van der Waals surface area contributed by atoms with Crippen molar-refractivity contribution >= 4 is 5.69 Å². The lowest BCUT2D eigenvalue weighted by Gasteiger charge is -2.08. The SMILES string of the molecule is Cc1cc(C)cc(NCCCn2ccnc2)c1. The van der Waals surface area contributed by atoms with E-state index in [1.165, 1.54) is 16.8 Å². The minimum absolute atomic E-state index is 0.987. The Morgan fingerprint density at radius 3 is 2.59 bits per heavy atom. The lowest BCUT2D eigenvalue weighted by molar-refractivity contribution is 0.661. The first-order valence-corrected chi connectivity index (χ1v) is 6.02. The number of anilines is 1. The van der Waals surface area contributed by atoms with Crippen LogP contribution in [0.2, 0.25) is 0 Å². The number of aromatic nitrogens is 2. The van der Waals surface area contributed by atoms with Gasteiger partial charge in [-0.3, -0.25) is 0 Å². The molecule has 3 nitrogen and oxygen atoms in total. The first kappa shape index (κ1) is 11.7. The number of aryl methyl sites for hydroxylation is 3. The molecule has 0 amide bonds. The van der Waals surface area contributed by atoms with E-state index in [4.69, 9.17) is 0 Å². The van der Waals surface area contributed by atoms with Crippen molar-refractivity contribution in [2.75, 3.05) is 11.9 Å². The van der Waals surface area contributed by atoms with Crippen LogP contribution in [0.1, 0.15) is 17.5 Å². The van der Waals surface area contributed by atoms with Crippen LogP contribution in [0.4, 0.5) is 5.69 Å². The van der Waals surface area contributed by atoms with Crippen molar-refractivity contribution in [2.24, 2.45) is 0 Å². The lowest BCUT2D eigenvalue weighted by Crippen LogP contribution is -2.06. The second kappa shape index (κ2) is 5.53. The number of rotatable bonds is 5. The highest BCUT2D eigenvalue weighted by atomic mass is 15.0. The number of hydrogen-bond acceptors (Lipinski definition) is 2. The molecule has 0 radical (unpaired) electrons. The molecule has 0 aliphatic heterocycles. The zero-order valence-electron chi connectivity index (χ0n) is 10.5. The molecule has 2 rings (SSSR count). The summed E-state index contributed by atoms with van der Waals surface area (Å²) in [4.78, 5) is 4.02. The van der Waals surface area contributed by atoms with Crippen molar-refractivity contribution in [3.63, 3.8) is 0 Å². The standard InChI is InChI=1S/C14H19N3/c1-12-8-13(2)10-14(9-12)16-4-3-6-17-7-5-15-11-17/h5,7-11,16H,3-4,6H2,1-2H3. The molecule has 2 aromatic rings. The topological polar surface area (TPSA) is 29.9 Å². The predicted molar refractivity (Wildman–Crippen MR) is 71.2 cm³/mol. The summed E-state index contributed by atoms with van der Waals surface area (Å²) in [5, 5.41) is 3.46. The minimum Gasteiger partial charge on any atom is -0.385 e. The summed E-state index contributed by atoms with van der Waals surface area (Å²) in [6.45, 7) is 6.26. The van der Waals surface area contributed by atoms with Crippen molar-refractivity contribution in [3.05, 3.63) is 48.0 Å². The van der Waals surface area contributed by atoms with Gasteiger partial charge in [-0.15, -0.1) is 0 Å². The molecule has 0 aliphatic carbocycles. The number of imidazole rings is 1. The highest BCUT2D eigenvalue weighted by Gasteiger charge is 1.95. The van der Waals surface area contributed by atoms with Crippen LogP contribution >= 0.6 is 0 Å². The fourth-order valence-corrected chi connectivity index (χ4v) is 1.99. The molecule has 1 N–H and O–H groups in total. The van der Waals surface area contributed by atoms with E-state index >= 15 is 0 Å². The number of benzene rings is 1. The molecule has 0 saturated carbocycles. The van der Waals surface area contributed by atoms with Crippen LogP contribution in [0, 0.1) is 13.8 Å². The van der Waals surface area contributed by atoms with E-state index in [0.717, 1.165) is 19.5 Å². The largest absolute Gasteiger partial charge is 0.385 e. The highest BCUT2D eigenvalue weighted by Crippen LogP contribution is 2.13. The van der Waals surface area contributed by atoms with Crippen LogP contribution in [-0.4, -0.2) is 16.1 Å². The van der Waals surface area contributed by atoms with Gasteiger partial charge >= 0.3 is 0 Å². The van der Waals surface area contributed by atoms with E-state index in [9.17, 15) is 0 Å². The van der Waals surface area contributed by atoms with Crippen LogP contribution in [0.15, 0.2) is 36.9 Å². The first-order valence-electron chi connectivity index (χ1n) is 6.02. The zero-order chi connectivity index (χ0) is 12.1. The molecular formula is C14H19N3. The molecule has 0 saturated heterocycles. The lowest BCUT2D eigenvalue weighted by atomic mass is 10.1. The van der Waals surface area contributed by atoms with Gasteiger partial charge in [0.05, 0.1) is 6.33 Å². The Kier molecular flexibility index (Phi) is 3.81. The quantitative estimate of drug-likeness (QED) is 0.799. The fraction of sp³-hybridized carbons (Fsp3) is 0.357. The van der Waals surface area contributed by atoms with E-state index in [0.29, 0.717) is 0 Å². The number of nitrogens with zero attached hydrogens (tertiary/aromatic N) is 2. The molecule has 1 aromatic heterocycles. The van der Waals surface area contributed by atoms with Gasteiger partial charge in [0.2, 0.25) is 0 Å². The fourth-order valence-electron chi connectivity index (χ4n) is 1.99. The number of nitrogens with one attached hydrogen (secondary N) is 1. The molecule has 0 bridgehead atoms. The Morgan fingerprint density at radius 2 is 1.94 bits per heavy atom. The first-order chi connectivity index (χ1) is 8.24. The Morgan fingerprint density at radius 1 is 1.18 bits per heavy atom. The molecule has 0 spiro atoms. The summed E-state index contributed by atoms with van der Waals surface area (Å²) in [5.74, 6) is 0. The monoisotopic (exact) mass is 229 g/mol. The van der Waals surface area contributed by atoms with Gasteiger partial charge in [0, 0.05) is 31.2 Å². The van der Waals surface area contributed by atoms with Gasteiger partial charge in [-0.1, -0.05) is 6.07 Å². The molecule has 0 aliphatic rings. The van der Waals surface area contributed by atoms with E-state index in [2.05, 4.69) is 46.9 Å². The molecule has 1 aromatic carbocycles. The van der Waals surface area contributed by atoms with E-state index in [1.54, 1.807) is 0 Å². The van der Waals surface area contributed by atoms with Crippen LogP contribution < -0.4 is 5.32 Å². The van der Waals surface area contributed by atoms with Gasteiger partial charge in [-0.25, -0.2) is 4.98 Å². The van der Waals surface area contributed by atoms with Crippen molar-refractivity contribution in [1.82, 2.24) is 9.55 Å². The summed E-state index contributed by atoms with van der Waals surface area (Å²) >= 11 is 0. The molecule has 90 valence electrons. The molecule has 0 atom stereocenters. The third-order valence-electron chi connectivity index (χ3n) is 2.70. The molecule has 0 unspecified atom stereocenters. The van der Waals surface area contributed by atoms with Crippen LogP contribution in [0.25, 0.3) is 0 Å². The summed E-state index contributed by atoms with van der Waals surface area (Å²) < 4.78 is 2.10. The second-order valence-corrected chi connectivity index (χ2v) is 4.46. The van der Waals surface area contributed by atoms with Crippen molar-refractivity contribution in [1.29, 1.82) is 0 Å². The van der Waals surface area contributed by atoms with Gasteiger partial charge in [-0.2, -0.15) is 0 Å². The van der Waals surface area contributed by atoms with Crippen LogP contribution in [0.5, 0.6) is 0 Å². The Balaban J connectivity index is 1.78. The normalized spacial score (nSPS) is 10.5. The molecular weight excluding hydrogens is 210 g/mol. The van der Waals surface area contributed by atoms with Gasteiger partial charge < -0.3 is 9.88 Å². The van der Waals surface area contributed by atoms with Gasteiger partial charge in [-0.05, 0) is 43.5 Å². The van der Waals surface area contributed by atoms with E-state index in [-0.39, 0.29) is 0 Å². The van der Waals surface area contributed by atoms with E-state index < -0.39 is 0 Å². The second-order valence-electron chi connectivity index (χ2n) is 4.46. The highest BCUT2D eigenvalue weighted by molar-refractivity contribution is 5.48. The third-order valence-corrected chi connectivity index (χ3v) is 2.70. The average molecular weight is 229 g/mol. The van der Waals surface area contributed by atoms with Crippen molar-refractivity contribution < 1.29 is 0 Å². The maximum atomic E-state index is 4.02. The molecule has 0 fully saturated rings. The summed E-state index contributed by atoms with van der Waals surface area (Å²) in [5.41, 5.74) is 3.83. The smallest absolute Gasteiger partial charge is 0.0945 e. The summed E-state index contributed by atoms with van der Waals surface area (Å²) in [7, 11) is 0. The third kappa shape index (κ3) is 3.63. The van der Waals surface area contributed by atoms with Crippen LogP contribution in [-0.2, 0) is 6.54 Å². The van der Waals surface area contributed by atoms with E-state index in [1.807, 2.05) is 18.7 Å². The Bertz CT molecular complexity index is 440. The average Bonchev–Trinajstić information content (AvgIpc) is 2.76. The Hall–Kier alpha value is -1.77. The molecule has 3 heteroatoms. The maximum absolute atomic E-state index is 4.02. The Labute approximate surface area is 103 Å². The van der Waals surface area contributed by atoms with Crippen LogP contribution in [0.3, 0.4) is 0 Å². The van der Waals surface area contributed by atoms with Gasteiger partial charge in [0.1, 0.15) is 0 Å². The molecule has 1 heterocycles. The summed E-state index contributed by atoms with van der Waals surface area (Å²) in [6, 6.07) is 6.56. The van der Waals surface area contributed by atoms with Gasteiger partial charge in [0.25, 0.3) is 0 Å². The maximum Gasteiger partial charge on any atom is 0.0945 e. The summed E-state index contributed by atoms with van der Waals surface area (Å²) in [6.07, 6.45) is 6.77. The zero-order valence-corrected chi connectivity index (χ0v) is 10.5. The molecule has 17 heavy (non-hydrogen) atoms. The van der Waals surface area contributed by atoms with Crippen molar-refractivity contribution in [2.45, 2.75) is 26.8 Å². The predicted octanol–water partition coefficient (Wildman–Crippen LogP) is 3.00. The number of hydrogen-bond donors (Lipinski definition) is 1. The van der Waals surface area contributed by atoms with Gasteiger partial charge in [0.15, 0.2) is 0 Å².